The van der Waals surface area contributed by atoms with Gasteiger partial charge in [0.2, 0.25) is 0 Å². The summed E-state index contributed by atoms with van der Waals surface area (Å²) in [5.41, 5.74) is 9.49. The molecule has 5 heteroatoms. The normalized spacial score (nSPS) is 10.9. The highest BCUT2D eigenvalue weighted by atomic mass is 127. The van der Waals surface area contributed by atoms with Gasteiger partial charge in [-0.25, -0.2) is 4.99 Å². The molecule has 0 radical (unpaired) electrons. The van der Waals surface area contributed by atoms with Gasteiger partial charge in [-0.15, -0.1) is 24.0 Å². The van der Waals surface area contributed by atoms with Gasteiger partial charge in [0.1, 0.15) is 0 Å². The van der Waals surface area contributed by atoms with Gasteiger partial charge >= 0.3 is 0 Å². The molecule has 0 saturated heterocycles. The monoisotopic (exact) mass is 390 g/mol. The number of nitrogens with two attached hydrogens (primary N) is 1. The first-order chi connectivity index (χ1) is 9.04. The van der Waals surface area contributed by atoms with E-state index in [0.29, 0.717) is 12.5 Å². The van der Waals surface area contributed by atoms with Gasteiger partial charge in [-0.1, -0.05) is 19.4 Å². The molecule has 0 aliphatic carbocycles. The molecule has 3 N–H and O–H groups in total. The standard InChI is InChI=1S/C15H26N4.HI/c1-5-6-9-17-15(16)18-11-13-7-8-14(19(3)4)10-12(13)2;/h7-8,10H,5-6,9,11H2,1-4H3,(H3,16,17,18);1H. The van der Waals surface area contributed by atoms with Crippen molar-refractivity contribution in [2.45, 2.75) is 33.2 Å². The molecule has 0 aliphatic heterocycles. The first-order valence-corrected chi connectivity index (χ1v) is 6.85. The number of aryl methyl sites for hydroxylation is 1. The molecule has 4 nitrogen and oxygen atoms in total. The van der Waals surface area contributed by atoms with Crippen LogP contribution in [0.25, 0.3) is 0 Å². The lowest BCUT2D eigenvalue weighted by Crippen LogP contribution is -2.32. The molecule has 0 amide bonds. The number of hydrogen-bond donors (Lipinski definition) is 2. The zero-order chi connectivity index (χ0) is 14.3. The first kappa shape index (κ1) is 19.0. The lowest BCUT2D eigenvalue weighted by molar-refractivity contribution is 0.748. The predicted octanol–water partition coefficient (Wildman–Crippen LogP) is 2.88. The fraction of sp³-hybridized carbons (Fsp3) is 0.533. The Labute approximate surface area is 139 Å². The third-order valence-electron chi connectivity index (χ3n) is 3.10. The van der Waals surface area contributed by atoms with Crippen LogP contribution in [0.4, 0.5) is 5.69 Å². The van der Waals surface area contributed by atoms with Gasteiger partial charge < -0.3 is 16.0 Å². The molecule has 1 aromatic carbocycles. The minimum Gasteiger partial charge on any atom is -0.378 e. The van der Waals surface area contributed by atoms with E-state index in [9.17, 15) is 0 Å². The van der Waals surface area contributed by atoms with Crippen LogP contribution in [0.15, 0.2) is 23.2 Å². The fourth-order valence-corrected chi connectivity index (χ4v) is 1.76. The second kappa shape index (κ2) is 9.85. The van der Waals surface area contributed by atoms with Gasteiger partial charge in [-0.05, 0) is 36.6 Å². The number of nitrogens with one attached hydrogen (secondary N) is 1. The lowest BCUT2D eigenvalue weighted by Gasteiger charge is -2.14. The number of hydrogen-bond acceptors (Lipinski definition) is 2. The molecule has 0 atom stereocenters. The van der Waals surface area contributed by atoms with Crippen LogP contribution in [-0.2, 0) is 6.54 Å². The van der Waals surface area contributed by atoms with Crippen LogP contribution in [0, 0.1) is 6.92 Å². The molecular formula is C15H27IN4. The highest BCUT2D eigenvalue weighted by Crippen LogP contribution is 2.17. The number of aliphatic imine (C=N–C) groups is 1. The van der Waals surface area contributed by atoms with Crippen molar-refractivity contribution < 1.29 is 0 Å². The molecule has 114 valence electrons. The van der Waals surface area contributed by atoms with Crippen LogP contribution in [0.5, 0.6) is 0 Å². The van der Waals surface area contributed by atoms with E-state index in [-0.39, 0.29) is 24.0 Å². The third kappa shape index (κ3) is 6.45. The van der Waals surface area contributed by atoms with Crippen LogP contribution in [0.1, 0.15) is 30.9 Å². The Kier molecular flexibility index (Phi) is 9.37. The smallest absolute Gasteiger partial charge is 0.188 e. The maximum absolute atomic E-state index is 5.82. The summed E-state index contributed by atoms with van der Waals surface area (Å²) in [6.45, 7) is 5.79. The highest BCUT2D eigenvalue weighted by Gasteiger charge is 2.01. The molecule has 0 unspecified atom stereocenters. The van der Waals surface area contributed by atoms with Crippen LogP contribution < -0.4 is 16.0 Å². The van der Waals surface area contributed by atoms with Crippen LogP contribution >= 0.6 is 24.0 Å². The Balaban J connectivity index is 0.00000361. The fourth-order valence-electron chi connectivity index (χ4n) is 1.76. The molecular weight excluding hydrogens is 363 g/mol. The topological polar surface area (TPSA) is 53.6 Å². The van der Waals surface area contributed by atoms with E-state index < -0.39 is 0 Å². The Morgan fingerprint density at radius 3 is 2.60 bits per heavy atom. The summed E-state index contributed by atoms with van der Waals surface area (Å²) in [6.07, 6.45) is 2.28. The molecule has 0 spiro atoms. The van der Waals surface area contributed by atoms with Gasteiger partial charge in [0.05, 0.1) is 6.54 Å². The number of guanidine groups is 1. The predicted molar refractivity (Wildman–Crippen MR) is 99.2 cm³/mol. The zero-order valence-corrected chi connectivity index (χ0v) is 15.3. The van der Waals surface area contributed by atoms with Crippen molar-refractivity contribution in [2.24, 2.45) is 10.7 Å². The second-order valence-corrected chi connectivity index (χ2v) is 4.99. The summed E-state index contributed by atoms with van der Waals surface area (Å²) >= 11 is 0. The maximum Gasteiger partial charge on any atom is 0.188 e. The minimum absolute atomic E-state index is 0. The molecule has 0 aromatic heterocycles. The Bertz CT molecular complexity index is 430. The molecule has 0 aliphatic rings. The summed E-state index contributed by atoms with van der Waals surface area (Å²) in [5, 5.41) is 3.12. The van der Waals surface area contributed by atoms with E-state index in [4.69, 9.17) is 5.73 Å². The van der Waals surface area contributed by atoms with Gasteiger partial charge in [0, 0.05) is 26.3 Å². The van der Waals surface area contributed by atoms with Gasteiger partial charge in [-0.3, -0.25) is 0 Å². The number of halogens is 1. The highest BCUT2D eigenvalue weighted by molar-refractivity contribution is 14.0. The van der Waals surface area contributed by atoms with Crippen LogP contribution in [0.3, 0.4) is 0 Å². The van der Waals surface area contributed by atoms with Gasteiger partial charge in [0.15, 0.2) is 5.96 Å². The van der Waals surface area contributed by atoms with E-state index in [1.807, 2.05) is 14.1 Å². The molecule has 0 bridgehead atoms. The maximum atomic E-state index is 5.82. The second-order valence-electron chi connectivity index (χ2n) is 4.99. The molecule has 1 aromatic rings. The molecule has 20 heavy (non-hydrogen) atoms. The number of rotatable bonds is 6. The largest absolute Gasteiger partial charge is 0.378 e. The summed E-state index contributed by atoms with van der Waals surface area (Å²) < 4.78 is 0. The summed E-state index contributed by atoms with van der Waals surface area (Å²) in [6, 6.07) is 6.40. The molecule has 1 rings (SSSR count). The third-order valence-corrected chi connectivity index (χ3v) is 3.10. The van der Waals surface area contributed by atoms with Crippen molar-refractivity contribution in [1.29, 1.82) is 0 Å². The van der Waals surface area contributed by atoms with Gasteiger partial charge in [-0.2, -0.15) is 0 Å². The summed E-state index contributed by atoms with van der Waals surface area (Å²) in [5.74, 6) is 0.532. The van der Waals surface area contributed by atoms with Crippen molar-refractivity contribution >= 4 is 35.6 Å². The van der Waals surface area contributed by atoms with Crippen LogP contribution in [0.2, 0.25) is 0 Å². The SMILES string of the molecule is CCCCNC(N)=NCc1ccc(N(C)C)cc1C.I. The summed E-state index contributed by atoms with van der Waals surface area (Å²) in [7, 11) is 4.09. The summed E-state index contributed by atoms with van der Waals surface area (Å²) in [4.78, 5) is 6.47. The van der Waals surface area contributed by atoms with Crippen molar-refractivity contribution in [3.8, 4) is 0 Å². The van der Waals surface area contributed by atoms with Crippen molar-refractivity contribution in [3.63, 3.8) is 0 Å². The Hall–Kier alpha value is -0.980. The Morgan fingerprint density at radius 1 is 1.35 bits per heavy atom. The number of unbranched alkanes of at least 4 members (excludes halogenated alkanes) is 1. The van der Waals surface area contributed by atoms with E-state index in [2.05, 4.69) is 47.3 Å². The van der Waals surface area contributed by atoms with Crippen molar-refractivity contribution in [3.05, 3.63) is 29.3 Å². The first-order valence-electron chi connectivity index (χ1n) is 6.85. The quantitative estimate of drug-likeness (QED) is 0.340. The molecule has 0 heterocycles. The van der Waals surface area contributed by atoms with Crippen molar-refractivity contribution in [2.75, 3.05) is 25.5 Å². The van der Waals surface area contributed by atoms with E-state index in [1.165, 1.54) is 16.8 Å². The average Bonchev–Trinajstić information content (AvgIpc) is 2.37. The van der Waals surface area contributed by atoms with Crippen LogP contribution in [-0.4, -0.2) is 26.6 Å². The average molecular weight is 390 g/mol. The molecule has 0 saturated carbocycles. The van der Waals surface area contributed by atoms with E-state index in [0.717, 1.165) is 19.4 Å². The van der Waals surface area contributed by atoms with E-state index in [1.54, 1.807) is 0 Å². The number of nitrogens with zero attached hydrogens (tertiary/aromatic N) is 2. The van der Waals surface area contributed by atoms with Gasteiger partial charge in [0.25, 0.3) is 0 Å². The van der Waals surface area contributed by atoms with E-state index >= 15 is 0 Å². The van der Waals surface area contributed by atoms with Crippen molar-refractivity contribution in [1.82, 2.24) is 5.32 Å². The lowest BCUT2D eigenvalue weighted by atomic mass is 10.1. The number of anilines is 1. The number of benzene rings is 1. The Morgan fingerprint density at radius 2 is 2.05 bits per heavy atom. The molecule has 0 fully saturated rings. The zero-order valence-electron chi connectivity index (χ0n) is 12.9. The minimum atomic E-state index is 0.